The predicted octanol–water partition coefficient (Wildman–Crippen LogP) is 4.50. The summed E-state index contributed by atoms with van der Waals surface area (Å²) in [5.41, 5.74) is 3.15. The maximum Gasteiger partial charge on any atom is 0.159 e. The zero-order chi connectivity index (χ0) is 14.5. The third-order valence-corrected chi connectivity index (χ3v) is 4.11. The van der Waals surface area contributed by atoms with Crippen molar-refractivity contribution in [3.8, 4) is 5.75 Å². The molecule has 0 saturated heterocycles. The smallest absolute Gasteiger partial charge is 0.159 e. The summed E-state index contributed by atoms with van der Waals surface area (Å²) < 4.78 is 5.38. The third kappa shape index (κ3) is 3.64. The van der Waals surface area contributed by atoms with Crippen LogP contribution in [0, 0.1) is 6.92 Å². The first kappa shape index (κ1) is 14.7. The third-order valence-electron chi connectivity index (χ3n) is 3.07. The van der Waals surface area contributed by atoms with Crippen molar-refractivity contribution in [1.82, 2.24) is 0 Å². The number of benzene rings is 2. The molecule has 0 aliphatic carbocycles. The van der Waals surface area contributed by atoms with Crippen LogP contribution in [-0.4, -0.2) is 12.9 Å². The van der Waals surface area contributed by atoms with E-state index >= 15 is 0 Å². The fourth-order valence-electron chi connectivity index (χ4n) is 1.99. The molecule has 0 heterocycles. The molecular weight excluding hydrogens is 268 g/mol. The zero-order valence-electron chi connectivity index (χ0n) is 12.0. The van der Waals surface area contributed by atoms with Crippen LogP contribution in [0.4, 0.5) is 0 Å². The van der Waals surface area contributed by atoms with E-state index in [1.165, 1.54) is 11.1 Å². The molecule has 0 spiro atoms. The Kier molecular flexibility index (Phi) is 4.85. The number of hydrogen-bond acceptors (Lipinski definition) is 3. The molecule has 104 valence electrons. The number of Topliss-reactive ketones (excluding diaryl/α,β-unsaturated/α-hetero) is 1. The van der Waals surface area contributed by atoms with E-state index in [0.29, 0.717) is 0 Å². The summed E-state index contributed by atoms with van der Waals surface area (Å²) in [4.78, 5) is 12.5. The Morgan fingerprint density at radius 1 is 1.20 bits per heavy atom. The van der Waals surface area contributed by atoms with Gasteiger partial charge < -0.3 is 4.74 Å². The number of carbonyl (C=O) groups is 1. The Morgan fingerprint density at radius 2 is 2.00 bits per heavy atom. The van der Waals surface area contributed by atoms with Crippen LogP contribution in [0.15, 0.2) is 47.4 Å². The van der Waals surface area contributed by atoms with Gasteiger partial charge in [-0.1, -0.05) is 29.8 Å². The van der Waals surface area contributed by atoms with Crippen LogP contribution in [0.5, 0.6) is 5.75 Å². The van der Waals surface area contributed by atoms with E-state index in [1.54, 1.807) is 25.8 Å². The zero-order valence-corrected chi connectivity index (χ0v) is 12.8. The molecule has 0 radical (unpaired) electrons. The van der Waals surface area contributed by atoms with Crippen molar-refractivity contribution in [3.05, 3.63) is 59.2 Å². The minimum absolute atomic E-state index is 0.0978. The molecule has 0 amide bonds. The maximum atomic E-state index is 11.4. The minimum Gasteiger partial charge on any atom is -0.496 e. The average molecular weight is 286 g/mol. The summed E-state index contributed by atoms with van der Waals surface area (Å²) in [6.45, 7) is 3.66. The van der Waals surface area contributed by atoms with Gasteiger partial charge in [0.2, 0.25) is 0 Å². The lowest BCUT2D eigenvalue weighted by Gasteiger charge is -2.09. The van der Waals surface area contributed by atoms with Gasteiger partial charge in [-0.05, 0) is 32.0 Å². The number of carbonyl (C=O) groups excluding carboxylic acids is 1. The highest BCUT2D eigenvalue weighted by Crippen LogP contribution is 2.29. The van der Waals surface area contributed by atoms with Gasteiger partial charge >= 0.3 is 0 Å². The fraction of sp³-hybridized carbons (Fsp3) is 0.235. The van der Waals surface area contributed by atoms with Crippen molar-refractivity contribution >= 4 is 17.5 Å². The molecule has 0 saturated carbocycles. The minimum atomic E-state index is 0.0978. The van der Waals surface area contributed by atoms with E-state index in [1.807, 2.05) is 36.4 Å². The Hall–Kier alpha value is -1.74. The first-order valence-corrected chi connectivity index (χ1v) is 7.46. The second kappa shape index (κ2) is 6.62. The second-order valence-electron chi connectivity index (χ2n) is 4.69. The number of thioether (sulfide) groups is 1. The Morgan fingerprint density at radius 3 is 2.70 bits per heavy atom. The number of rotatable bonds is 5. The summed E-state index contributed by atoms with van der Waals surface area (Å²) in [6, 6.07) is 13.9. The lowest BCUT2D eigenvalue weighted by Crippen LogP contribution is -1.93. The van der Waals surface area contributed by atoms with E-state index in [0.717, 1.165) is 22.0 Å². The van der Waals surface area contributed by atoms with Crippen LogP contribution >= 0.6 is 11.8 Å². The predicted molar refractivity (Wildman–Crippen MR) is 83.7 cm³/mol. The van der Waals surface area contributed by atoms with Gasteiger partial charge in [-0.3, -0.25) is 4.79 Å². The van der Waals surface area contributed by atoms with E-state index in [9.17, 15) is 4.79 Å². The molecule has 0 aliphatic rings. The topological polar surface area (TPSA) is 26.3 Å². The first-order valence-electron chi connectivity index (χ1n) is 6.47. The van der Waals surface area contributed by atoms with Crippen LogP contribution in [0.2, 0.25) is 0 Å². The van der Waals surface area contributed by atoms with Crippen LogP contribution in [-0.2, 0) is 5.75 Å². The monoisotopic (exact) mass is 286 g/mol. The van der Waals surface area contributed by atoms with Crippen molar-refractivity contribution in [1.29, 1.82) is 0 Å². The first-order chi connectivity index (χ1) is 9.60. The van der Waals surface area contributed by atoms with Gasteiger partial charge in [0, 0.05) is 21.8 Å². The lowest BCUT2D eigenvalue weighted by atomic mass is 10.1. The van der Waals surface area contributed by atoms with Gasteiger partial charge in [0.1, 0.15) is 5.75 Å². The molecule has 0 unspecified atom stereocenters. The standard InChI is InChI=1S/C17H18O2S/c1-12-7-8-17(19-3)15(9-12)11-20-16-6-4-5-14(10-16)13(2)18/h4-10H,11H2,1-3H3. The Labute approximate surface area is 124 Å². The molecular formula is C17H18O2S. The fourth-order valence-corrected chi connectivity index (χ4v) is 2.92. The Balaban J connectivity index is 2.14. The molecule has 20 heavy (non-hydrogen) atoms. The van der Waals surface area contributed by atoms with Crippen molar-refractivity contribution in [3.63, 3.8) is 0 Å². The van der Waals surface area contributed by atoms with Crippen LogP contribution in [0.3, 0.4) is 0 Å². The van der Waals surface area contributed by atoms with Gasteiger partial charge in [-0.25, -0.2) is 0 Å². The number of methoxy groups -OCH3 is 1. The molecule has 2 aromatic rings. The van der Waals surface area contributed by atoms with E-state index in [2.05, 4.69) is 13.0 Å². The van der Waals surface area contributed by atoms with Crippen LogP contribution < -0.4 is 4.74 Å². The largest absolute Gasteiger partial charge is 0.496 e. The van der Waals surface area contributed by atoms with Gasteiger partial charge in [-0.2, -0.15) is 0 Å². The molecule has 0 atom stereocenters. The summed E-state index contributed by atoms with van der Waals surface area (Å²) in [5.74, 6) is 1.83. The molecule has 2 aromatic carbocycles. The van der Waals surface area contributed by atoms with E-state index in [4.69, 9.17) is 4.74 Å². The van der Waals surface area contributed by atoms with Crippen LogP contribution in [0.25, 0.3) is 0 Å². The number of aryl methyl sites for hydroxylation is 1. The Bertz CT molecular complexity index is 620. The van der Waals surface area contributed by atoms with E-state index in [-0.39, 0.29) is 5.78 Å². The maximum absolute atomic E-state index is 11.4. The van der Waals surface area contributed by atoms with Crippen molar-refractivity contribution < 1.29 is 9.53 Å². The quantitative estimate of drug-likeness (QED) is 0.598. The van der Waals surface area contributed by atoms with Gasteiger partial charge in [0.05, 0.1) is 7.11 Å². The van der Waals surface area contributed by atoms with Gasteiger partial charge in [-0.15, -0.1) is 11.8 Å². The second-order valence-corrected chi connectivity index (χ2v) is 5.74. The van der Waals surface area contributed by atoms with Crippen molar-refractivity contribution in [2.24, 2.45) is 0 Å². The molecule has 0 N–H and O–H groups in total. The summed E-state index contributed by atoms with van der Waals surface area (Å²) in [5, 5.41) is 0. The normalized spacial score (nSPS) is 10.3. The number of ketones is 1. The number of hydrogen-bond donors (Lipinski definition) is 0. The highest BCUT2D eigenvalue weighted by molar-refractivity contribution is 7.98. The van der Waals surface area contributed by atoms with E-state index < -0.39 is 0 Å². The molecule has 3 heteroatoms. The average Bonchev–Trinajstić information content (AvgIpc) is 2.45. The SMILES string of the molecule is COc1ccc(C)cc1CSc1cccc(C(C)=O)c1. The lowest BCUT2D eigenvalue weighted by molar-refractivity contribution is 0.101. The number of ether oxygens (including phenoxy) is 1. The molecule has 2 rings (SSSR count). The van der Waals surface area contributed by atoms with Gasteiger partial charge in [0.15, 0.2) is 5.78 Å². The molecule has 0 fully saturated rings. The molecule has 0 bridgehead atoms. The highest BCUT2D eigenvalue weighted by atomic mass is 32.2. The van der Waals surface area contributed by atoms with Crippen molar-refractivity contribution in [2.45, 2.75) is 24.5 Å². The summed E-state index contributed by atoms with van der Waals surface area (Å²) >= 11 is 1.71. The van der Waals surface area contributed by atoms with Crippen LogP contribution in [0.1, 0.15) is 28.4 Å². The molecule has 0 aromatic heterocycles. The molecule has 0 aliphatic heterocycles. The van der Waals surface area contributed by atoms with Crippen molar-refractivity contribution in [2.75, 3.05) is 7.11 Å². The van der Waals surface area contributed by atoms with Gasteiger partial charge in [0.25, 0.3) is 0 Å². The summed E-state index contributed by atoms with van der Waals surface area (Å²) in [6.07, 6.45) is 0. The highest BCUT2D eigenvalue weighted by Gasteiger charge is 2.05. The summed E-state index contributed by atoms with van der Waals surface area (Å²) in [7, 11) is 1.69. The molecule has 2 nitrogen and oxygen atoms in total.